The van der Waals surface area contributed by atoms with Crippen LogP contribution in [-0.4, -0.2) is 61.6 Å². The number of benzene rings is 2. The summed E-state index contributed by atoms with van der Waals surface area (Å²) < 4.78 is 6.34. The van der Waals surface area contributed by atoms with E-state index in [0.717, 1.165) is 58.2 Å². The molecule has 140 valence electrons. The average Bonchev–Trinajstić information content (AvgIpc) is 2.72. The monoisotopic (exact) mass is 372 g/mol. The van der Waals surface area contributed by atoms with Gasteiger partial charge in [0.15, 0.2) is 0 Å². The Kier molecular flexibility index (Phi) is 7.96. The minimum absolute atomic E-state index is 0.00223. The molecule has 1 heterocycles. The maximum absolute atomic E-state index is 6.34. The van der Waals surface area contributed by atoms with Crippen molar-refractivity contribution in [1.29, 1.82) is 0 Å². The van der Waals surface area contributed by atoms with Crippen LogP contribution < -0.4 is 0 Å². The summed E-state index contributed by atoms with van der Waals surface area (Å²) in [6, 6.07) is 21.0. The standard InChI is InChI=1S/C22H29ClN2O/c23-12-7-13-24-14-16-25(17-15-24)18-19-26-22(20-8-3-1-4-9-20)21-10-5-2-6-11-21/h1-6,8-11,22H,7,12-19H2. The van der Waals surface area contributed by atoms with E-state index in [1.165, 1.54) is 11.1 Å². The van der Waals surface area contributed by atoms with Crippen LogP contribution in [-0.2, 0) is 4.74 Å². The third-order valence-corrected chi connectivity index (χ3v) is 5.24. The molecule has 0 spiro atoms. The van der Waals surface area contributed by atoms with Crippen LogP contribution in [0.15, 0.2) is 60.7 Å². The second-order valence-electron chi connectivity index (χ2n) is 6.80. The van der Waals surface area contributed by atoms with E-state index in [9.17, 15) is 0 Å². The zero-order valence-electron chi connectivity index (χ0n) is 15.4. The van der Waals surface area contributed by atoms with Crippen LogP contribution in [0.1, 0.15) is 23.7 Å². The Balaban J connectivity index is 1.50. The first-order valence-corrected chi connectivity index (χ1v) is 10.1. The molecule has 2 aromatic carbocycles. The van der Waals surface area contributed by atoms with Crippen LogP contribution in [0.5, 0.6) is 0 Å². The summed E-state index contributed by atoms with van der Waals surface area (Å²) >= 11 is 5.79. The van der Waals surface area contributed by atoms with Crippen molar-refractivity contribution < 1.29 is 4.74 Å². The van der Waals surface area contributed by atoms with Gasteiger partial charge in [-0.2, -0.15) is 0 Å². The second-order valence-corrected chi connectivity index (χ2v) is 7.18. The molecule has 3 rings (SSSR count). The highest BCUT2D eigenvalue weighted by Crippen LogP contribution is 2.25. The topological polar surface area (TPSA) is 15.7 Å². The lowest BCUT2D eigenvalue weighted by molar-refractivity contribution is 0.0453. The molecule has 1 saturated heterocycles. The largest absolute Gasteiger partial charge is 0.367 e. The van der Waals surface area contributed by atoms with Crippen molar-refractivity contribution in [3.05, 3.63) is 71.8 Å². The minimum atomic E-state index is 0.00223. The summed E-state index contributed by atoms with van der Waals surface area (Å²) in [6.07, 6.45) is 1.09. The van der Waals surface area contributed by atoms with E-state index in [4.69, 9.17) is 16.3 Å². The first-order chi connectivity index (χ1) is 12.9. The van der Waals surface area contributed by atoms with Gasteiger partial charge in [-0.3, -0.25) is 4.90 Å². The molecule has 0 amide bonds. The van der Waals surface area contributed by atoms with Crippen LogP contribution in [0.2, 0.25) is 0 Å². The molecule has 0 saturated carbocycles. The fourth-order valence-corrected chi connectivity index (χ4v) is 3.58. The van der Waals surface area contributed by atoms with Gasteiger partial charge < -0.3 is 9.64 Å². The summed E-state index contributed by atoms with van der Waals surface area (Å²) in [5.74, 6) is 0.758. The fourth-order valence-electron chi connectivity index (χ4n) is 3.46. The van der Waals surface area contributed by atoms with E-state index >= 15 is 0 Å². The maximum Gasteiger partial charge on any atom is 0.108 e. The zero-order valence-corrected chi connectivity index (χ0v) is 16.2. The van der Waals surface area contributed by atoms with E-state index < -0.39 is 0 Å². The summed E-state index contributed by atoms with van der Waals surface area (Å²) in [5.41, 5.74) is 2.43. The van der Waals surface area contributed by atoms with Crippen LogP contribution >= 0.6 is 11.6 Å². The molecule has 0 bridgehead atoms. The molecule has 1 fully saturated rings. The zero-order chi connectivity index (χ0) is 18.0. The second kappa shape index (κ2) is 10.7. The van der Waals surface area contributed by atoms with E-state index in [1.807, 2.05) is 0 Å². The molecule has 1 aliphatic heterocycles. The number of ether oxygens (including phenoxy) is 1. The maximum atomic E-state index is 6.34. The molecule has 0 N–H and O–H groups in total. The van der Waals surface area contributed by atoms with Gasteiger partial charge in [-0.05, 0) is 24.1 Å². The molecule has 0 aromatic heterocycles. The van der Waals surface area contributed by atoms with Crippen LogP contribution in [0.3, 0.4) is 0 Å². The lowest BCUT2D eigenvalue weighted by atomic mass is 10.0. The van der Waals surface area contributed by atoms with Crippen LogP contribution in [0.4, 0.5) is 0 Å². The lowest BCUT2D eigenvalue weighted by Gasteiger charge is -2.34. The number of halogens is 1. The molecule has 1 aliphatic rings. The molecule has 4 heteroatoms. The highest BCUT2D eigenvalue weighted by atomic mass is 35.5. The van der Waals surface area contributed by atoms with Crippen LogP contribution in [0, 0.1) is 0 Å². The first-order valence-electron chi connectivity index (χ1n) is 9.59. The third-order valence-electron chi connectivity index (χ3n) is 4.97. The van der Waals surface area contributed by atoms with Gasteiger partial charge in [0.25, 0.3) is 0 Å². The lowest BCUT2D eigenvalue weighted by Crippen LogP contribution is -2.47. The molecule has 0 aliphatic carbocycles. The third kappa shape index (κ3) is 5.82. The predicted octanol–water partition coefficient (Wildman–Crippen LogP) is 4.04. The Hall–Kier alpha value is -1.39. The molecule has 0 atom stereocenters. The quantitative estimate of drug-likeness (QED) is 0.618. The normalized spacial score (nSPS) is 16.2. The van der Waals surface area contributed by atoms with Crippen molar-refractivity contribution in [1.82, 2.24) is 9.80 Å². The molecule has 0 radical (unpaired) electrons. The number of alkyl halides is 1. The Morgan fingerprint density at radius 2 is 1.27 bits per heavy atom. The molecular formula is C22H29ClN2O. The minimum Gasteiger partial charge on any atom is -0.367 e. The van der Waals surface area contributed by atoms with E-state index in [2.05, 4.69) is 70.5 Å². The smallest absolute Gasteiger partial charge is 0.108 e. The van der Waals surface area contributed by atoms with Crippen molar-refractivity contribution in [2.45, 2.75) is 12.5 Å². The summed E-state index contributed by atoms with van der Waals surface area (Å²) in [5, 5.41) is 0. The number of rotatable bonds is 9. The van der Waals surface area contributed by atoms with Gasteiger partial charge >= 0.3 is 0 Å². The molecule has 0 unspecified atom stereocenters. The number of hydrogen-bond acceptors (Lipinski definition) is 3. The number of hydrogen-bond donors (Lipinski definition) is 0. The number of nitrogens with zero attached hydrogens (tertiary/aromatic N) is 2. The van der Waals surface area contributed by atoms with Crippen LogP contribution in [0.25, 0.3) is 0 Å². The molecular weight excluding hydrogens is 344 g/mol. The molecule has 26 heavy (non-hydrogen) atoms. The Labute approximate surface area is 162 Å². The Morgan fingerprint density at radius 1 is 0.769 bits per heavy atom. The summed E-state index contributed by atoms with van der Waals surface area (Å²) in [4.78, 5) is 5.01. The van der Waals surface area contributed by atoms with Gasteiger partial charge in [0.2, 0.25) is 0 Å². The first kappa shape index (κ1) is 19.4. The fraction of sp³-hybridized carbons (Fsp3) is 0.455. The van der Waals surface area contributed by atoms with Gasteiger partial charge in [0.05, 0.1) is 6.61 Å². The molecule has 2 aromatic rings. The van der Waals surface area contributed by atoms with Crippen molar-refractivity contribution >= 4 is 11.6 Å². The van der Waals surface area contributed by atoms with Gasteiger partial charge in [-0.15, -0.1) is 11.6 Å². The van der Waals surface area contributed by atoms with E-state index in [-0.39, 0.29) is 6.10 Å². The predicted molar refractivity (Wildman–Crippen MR) is 109 cm³/mol. The van der Waals surface area contributed by atoms with Gasteiger partial charge in [0.1, 0.15) is 6.10 Å². The van der Waals surface area contributed by atoms with Crippen molar-refractivity contribution in [2.75, 3.05) is 51.8 Å². The molecule has 3 nitrogen and oxygen atoms in total. The SMILES string of the molecule is ClCCCN1CCN(CCOC(c2ccccc2)c2ccccc2)CC1. The highest BCUT2D eigenvalue weighted by Gasteiger charge is 2.18. The van der Waals surface area contributed by atoms with Gasteiger partial charge in [0, 0.05) is 38.6 Å². The van der Waals surface area contributed by atoms with E-state index in [0.29, 0.717) is 0 Å². The van der Waals surface area contributed by atoms with Gasteiger partial charge in [-0.1, -0.05) is 60.7 Å². The van der Waals surface area contributed by atoms with Gasteiger partial charge in [-0.25, -0.2) is 0 Å². The highest BCUT2D eigenvalue weighted by molar-refractivity contribution is 6.17. The average molecular weight is 373 g/mol. The van der Waals surface area contributed by atoms with Crippen molar-refractivity contribution in [3.8, 4) is 0 Å². The Morgan fingerprint density at radius 3 is 1.77 bits per heavy atom. The van der Waals surface area contributed by atoms with Crippen molar-refractivity contribution in [3.63, 3.8) is 0 Å². The number of piperazine rings is 1. The summed E-state index contributed by atoms with van der Waals surface area (Å²) in [7, 11) is 0. The Bertz CT molecular complexity index is 575. The summed E-state index contributed by atoms with van der Waals surface area (Å²) in [6.45, 7) is 7.36. The van der Waals surface area contributed by atoms with Crippen molar-refractivity contribution in [2.24, 2.45) is 0 Å². The van der Waals surface area contributed by atoms with E-state index in [1.54, 1.807) is 0 Å².